The van der Waals surface area contributed by atoms with Gasteiger partial charge in [-0.05, 0) is 50.9 Å². The lowest BCUT2D eigenvalue weighted by atomic mass is 10.1. The zero-order valence-electron chi connectivity index (χ0n) is 11.9. The lowest BCUT2D eigenvalue weighted by molar-refractivity contribution is 0.199. The van der Waals surface area contributed by atoms with Crippen LogP contribution in [0.4, 0.5) is 5.69 Å². The summed E-state index contributed by atoms with van der Waals surface area (Å²) in [5, 5.41) is 9.58. The van der Waals surface area contributed by atoms with Crippen LogP contribution in [0.5, 0.6) is 0 Å². The van der Waals surface area contributed by atoms with Gasteiger partial charge in [0.2, 0.25) is 0 Å². The van der Waals surface area contributed by atoms with Crippen molar-refractivity contribution >= 4 is 5.69 Å². The highest BCUT2D eigenvalue weighted by molar-refractivity contribution is 5.49. The van der Waals surface area contributed by atoms with Gasteiger partial charge in [0.05, 0.1) is 6.10 Å². The van der Waals surface area contributed by atoms with Gasteiger partial charge in [-0.3, -0.25) is 4.90 Å². The lowest BCUT2D eigenvalue weighted by Gasteiger charge is -2.43. The first-order valence-corrected chi connectivity index (χ1v) is 7.44. The van der Waals surface area contributed by atoms with Gasteiger partial charge in [-0.25, -0.2) is 0 Å². The van der Waals surface area contributed by atoms with Crippen molar-refractivity contribution in [1.82, 2.24) is 4.90 Å². The van der Waals surface area contributed by atoms with Crippen molar-refractivity contribution in [3.05, 3.63) is 29.8 Å². The van der Waals surface area contributed by atoms with Gasteiger partial charge in [0.15, 0.2) is 0 Å². The van der Waals surface area contributed by atoms with E-state index in [0.29, 0.717) is 6.04 Å². The Kier molecular flexibility index (Phi) is 3.50. The number of rotatable bonds is 2. The van der Waals surface area contributed by atoms with Crippen LogP contribution < -0.4 is 4.90 Å². The second-order valence-corrected chi connectivity index (χ2v) is 6.06. The van der Waals surface area contributed by atoms with Crippen LogP contribution in [0.15, 0.2) is 24.3 Å². The molecular formula is C16H24N2O. The van der Waals surface area contributed by atoms with Crippen LogP contribution in [0.1, 0.15) is 38.4 Å². The molecule has 2 saturated heterocycles. The van der Waals surface area contributed by atoms with Crippen molar-refractivity contribution in [1.29, 1.82) is 0 Å². The highest BCUT2D eigenvalue weighted by Crippen LogP contribution is 2.29. The third kappa shape index (κ3) is 2.49. The molecule has 19 heavy (non-hydrogen) atoms. The maximum absolute atomic E-state index is 9.58. The largest absolute Gasteiger partial charge is 0.389 e. The number of anilines is 1. The van der Waals surface area contributed by atoms with Gasteiger partial charge in [-0.2, -0.15) is 0 Å². The first-order valence-electron chi connectivity index (χ1n) is 7.44. The summed E-state index contributed by atoms with van der Waals surface area (Å²) in [5.41, 5.74) is 2.29. The van der Waals surface area contributed by atoms with Gasteiger partial charge in [0.1, 0.15) is 0 Å². The molecule has 0 bridgehead atoms. The minimum atomic E-state index is -0.377. The molecule has 3 heteroatoms. The monoisotopic (exact) mass is 260 g/mol. The van der Waals surface area contributed by atoms with E-state index in [9.17, 15) is 5.11 Å². The second-order valence-electron chi connectivity index (χ2n) is 6.06. The molecule has 2 aliphatic heterocycles. The molecule has 3 unspecified atom stereocenters. The molecule has 3 rings (SSSR count). The van der Waals surface area contributed by atoms with Crippen LogP contribution >= 0.6 is 0 Å². The van der Waals surface area contributed by atoms with Crippen LogP contribution in [-0.2, 0) is 0 Å². The van der Waals surface area contributed by atoms with Crippen LogP contribution in [0.25, 0.3) is 0 Å². The molecule has 0 radical (unpaired) electrons. The zero-order chi connectivity index (χ0) is 13.4. The number of hydrogen-bond donors (Lipinski definition) is 1. The number of piperazine rings is 1. The molecule has 1 N–H and O–H groups in total. The molecular weight excluding hydrogens is 236 g/mol. The molecule has 104 valence electrons. The zero-order valence-corrected chi connectivity index (χ0v) is 11.9. The van der Waals surface area contributed by atoms with E-state index in [0.717, 1.165) is 18.2 Å². The smallest absolute Gasteiger partial charge is 0.0761 e. The van der Waals surface area contributed by atoms with Gasteiger partial charge in [0, 0.05) is 30.9 Å². The summed E-state index contributed by atoms with van der Waals surface area (Å²) in [7, 11) is 0. The topological polar surface area (TPSA) is 26.7 Å². The van der Waals surface area contributed by atoms with Crippen molar-refractivity contribution in [2.24, 2.45) is 0 Å². The van der Waals surface area contributed by atoms with E-state index in [-0.39, 0.29) is 6.10 Å². The summed E-state index contributed by atoms with van der Waals surface area (Å²) in [5.74, 6) is 0. The van der Waals surface area contributed by atoms with Crippen molar-refractivity contribution in [2.75, 3.05) is 24.5 Å². The number of hydrogen-bond acceptors (Lipinski definition) is 3. The van der Waals surface area contributed by atoms with Crippen molar-refractivity contribution in [3.8, 4) is 0 Å². The van der Waals surface area contributed by atoms with Crippen molar-refractivity contribution in [3.63, 3.8) is 0 Å². The summed E-state index contributed by atoms with van der Waals surface area (Å²) in [6.45, 7) is 7.74. The molecule has 2 heterocycles. The number of aliphatic hydroxyl groups is 1. The minimum absolute atomic E-state index is 0.377. The Morgan fingerprint density at radius 2 is 1.95 bits per heavy atom. The Morgan fingerprint density at radius 3 is 2.63 bits per heavy atom. The third-order valence-electron chi connectivity index (χ3n) is 4.64. The fourth-order valence-corrected chi connectivity index (χ4v) is 3.49. The maximum atomic E-state index is 9.58. The number of benzene rings is 1. The van der Waals surface area contributed by atoms with Crippen molar-refractivity contribution in [2.45, 2.75) is 44.9 Å². The summed E-state index contributed by atoms with van der Waals surface area (Å²) < 4.78 is 0. The van der Waals surface area contributed by atoms with Crippen LogP contribution in [-0.4, -0.2) is 41.7 Å². The van der Waals surface area contributed by atoms with Crippen molar-refractivity contribution < 1.29 is 5.11 Å². The highest BCUT2D eigenvalue weighted by Gasteiger charge is 2.34. The molecule has 0 amide bonds. The van der Waals surface area contributed by atoms with Crippen LogP contribution in [0, 0.1) is 0 Å². The Hall–Kier alpha value is -1.06. The average molecular weight is 260 g/mol. The number of aliphatic hydroxyl groups excluding tert-OH is 1. The summed E-state index contributed by atoms with van der Waals surface area (Å²) >= 11 is 0. The maximum Gasteiger partial charge on any atom is 0.0761 e. The van der Waals surface area contributed by atoms with Gasteiger partial charge in [-0.1, -0.05) is 12.1 Å². The van der Waals surface area contributed by atoms with E-state index in [1.165, 1.54) is 31.6 Å². The molecule has 0 saturated carbocycles. The summed E-state index contributed by atoms with van der Waals surface area (Å²) in [4.78, 5) is 5.17. The van der Waals surface area contributed by atoms with E-state index >= 15 is 0 Å². The predicted molar refractivity (Wildman–Crippen MR) is 78.5 cm³/mol. The van der Waals surface area contributed by atoms with E-state index in [1.807, 2.05) is 19.1 Å². The third-order valence-corrected chi connectivity index (χ3v) is 4.64. The van der Waals surface area contributed by atoms with Crippen LogP contribution in [0.2, 0.25) is 0 Å². The molecule has 3 atom stereocenters. The second kappa shape index (κ2) is 5.14. The fraction of sp³-hybridized carbons (Fsp3) is 0.625. The standard InChI is InChI=1S/C16H24N2O/c1-12-10-17-9-3-4-16(17)11-18(12)15-7-5-14(6-8-15)13(2)19/h5-8,12-13,16,19H,3-4,9-11H2,1-2H3. The Bertz CT molecular complexity index is 429. The Morgan fingerprint density at radius 1 is 1.21 bits per heavy atom. The average Bonchev–Trinajstić information content (AvgIpc) is 2.85. The Labute approximate surface area is 115 Å². The van der Waals surface area contributed by atoms with E-state index in [1.54, 1.807) is 0 Å². The quantitative estimate of drug-likeness (QED) is 0.884. The first kappa shape index (κ1) is 12.9. The lowest BCUT2D eigenvalue weighted by Crippen LogP contribution is -2.55. The predicted octanol–water partition coefficient (Wildman–Crippen LogP) is 2.41. The molecule has 2 aliphatic rings. The SMILES string of the molecule is CC(O)c1ccc(N2CC3CCCN3CC2C)cc1. The van der Waals surface area contributed by atoms with E-state index < -0.39 is 0 Å². The molecule has 1 aromatic rings. The Balaban J connectivity index is 1.77. The molecule has 2 fully saturated rings. The molecule has 0 aliphatic carbocycles. The first-order chi connectivity index (χ1) is 9.15. The highest BCUT2D eigenvalue weighted by atomic mass is 16.3. The minimum Gasteiger partial charge on any atom is -0.389 e. The van der Waals surface area contributed by atoms with Gasteiger partial charge < -0.3 is 10.0 Å². The molecule has 0 aromatic heterocycles. The molecule has 0 spiro atoms. The summed E-state index contributed by atoms with van der Waals surface area (Å²) in [6, 6.07) is 9.73. The van der Waals surface area contributed by atoms with E-state index in [4.69, 9.17) is 0 Å². The van der Waals surface area contributed by atoms with Gasteiger partial charge in [0.25, 0.3) is 0 Å². The molecule has 3 nitrogen and oxygen atoms in total. The fourth-order valence-electron chi connectivity index (χ4n) is 3.49. The normalized spacial score (nSPS) is 29.3. The summed E-state index contributed by atoms with van der Waals surface area (Å²) in [6.07, 6.45) is 2.32. The van der Waals surface area contributed by atoms with Crippen LogP contribution in [0.3, 0.4) is 0 Å². The van der Waals surface area contributed by atoms with E-state index in [2.05, 4.69) is 28.9 Å². The van der Waals surface area contributed by atoms with Gasteiger partial charge in [-0.15, -0.1) is 0 Å². The molecule has 1 aromatic carbocycles. The number of nitrogens with zero attached hydrogens (tertiary/aromatic N) is 2. The number of fused-ring (bicyclic) bond motifs is 1. The van der Waals surface area contributed by atoms with Gasteiger partial charge >= 0.3 is 0 Å².